The first-order valence-corrected chi connectivity index (χ1v) is 8.25. The summed E-state index contributed by atoms with van der Waals surface area (Å²) in [4.78, 5) is 16.5. The Kier molecular flexibility index (Phi) is 7.36. The van der Waals surface area contributed by atoms with Gasteiger partial charge in [-0.3, -0.25) is 0 Å². The van der Waals surface area contributed by atoms with E-state index in [1.807, 2.05) is 31.3 Å². The van der Waals surface area contributed by atoms with Gasteiger partial charge in [-0.2, -0.15) is 0 Å². The predicted molar refractivity (Wildman–Crippen MR) is 97.1 cm³/mol. The molecule has 0 aliphatic carbocycles. The van der Waals surface area contributed by atoms with Crippen molar-refractivity contribution < 1.29 is 9.90 Å². The lowest BCUT2D eigenvalue weighted by Crippen LogP contribution is -2.41. The molecule has 0 fully saturated rings. The fourth-order valence-corrected chi connectivity index (χ4v) is 2.36. The quantitative estimate of drug-likeness (QED) is 0.809. The number of carbonyl (C=O) groups excluding carboxylic acids is 1. The van der Waals surface area contributed by atoms with Crippen LogP contribution in [0.4, 0.5) is 16.2 Å². The highest BCUT2D eigenvalue weighted by atomic mass is 16.3. The van der Waals surface area contributed by atoms with Crippen molar-refractivity contribution in [2.45, 2.75) is 34.1 Å². The molecule has 0 spiro atoms. The van der Waals surface area contributed by atoms with Crippen LogP contribution in [0.3, 0.4) is 0 Å². The van der Waals surface area contributed by atoms with Crippen LogP contribution in [0.15, 0.2) is 24.3 Å². The fraction of sp³-hybridized carbons (Fsp3) is 0.611. The molecule has 5 heteroatoms. The molecule has 0 aromatic heterocycles. The van der Waals surface area contributed by atoms with Gasteiger partial charge in [0.2, 0.25) is 0 Å². The highest BCUT2D eigenvalue weighted by Gasteiger charge is 2.21. The first-order valence-electron chi connectivity index (χ1n) is 8.25. The summed E-state index contributed by atoms with van der Waals surface area (Å²) in [7, 11) is 2.00. The molecule has 5 nitrogen and oxygen atoms in total. The third-order valence-corrected chi connectivity index (χ3v) is 3.57. The van der Waals surface area contributed by atoms with Crippen molar-refractivity contribution in [2.75, 3.05) is 43.5 Å². The number of benzene rings is 1. The minimum atomic E-state index is -0.120. The van der Waals surface area contributed by atoms with Gasteiger partial charge in [-0.15, -0.1) is 0 Å². The van der Waals surface area contributed by atoms with Crippen LogP contribution in [-0.4, -0.2) is 49.3 Å². The number of aliphatic hydroxyl groups is 1. The molecule has 0 atom stereocenters. The SMILES string of the molecule is CCN(C)c1ccccc1NC(=O)N(CCCO)CC(C)(C)C. The Morgan fingerprint density at radius 2 is 1.91 bits per heavy atom. The average molecular weight is 321 g/mol. The zero-order valence-electron chi connectivity index (χ0n) is 15.1. The maximum Gasteiger partial charge on any atom is 0.321 e. The summed E-state index contributed by atoms with van der Waals surface area (Å²) in [6.07, 6.45) is 0.583. The lowest BCUT2D eigenvalue weighted by atomic mass is 9.96. The standard InChI is InChI=1S/C18H31N3O2/c1-6-20(5)16-11-8-7-10-15(16)19-17(23)21(12-9-13-22)14-18(2,3)4/h7-8,10-11,22H,6,9,12-14H2,1-5H3,(H,19,23). The summed E-state index contributed by atoms with van der Waals surface area (Å²) < 4.78 is 0. The molecule has 0 radical (unpaired) electrons. The van der Waals surface area contributed by atoms with Gasteiger partial charge in [-0.25, -0.2) is 4.79 Å². The summed E-state index contributed by atoms with van der Waals surface area (Å²) in [6.45, 7) is 10.5. The van der Waals surface area contributed by atoms with E-state index in [0.717, 1.165) is 17.9 Å². The summed E-state index contributed by atoms with van der Waals surface area (Å²) in [5, 5.41) is 12.1. The highest BCUT2D eigenvalue weighted by Crippen LogP contribution is 2.25. The summed E-state index contributed by atoms with van der Waals surface area (Å²) in [5.74, 6) is 0. The largest absolute Gasteiger partial charge is 0.396 e. The zero-order valence-corrected chi connectivity index (χ0v) is 15.1. The van der Waals surface area contributed by atoms with Gasteiger partial charge in [-0.1, -0.05) is 32.9 Å². The second-order valence-corrected chi connectivity index (χ2v) is 7.02. The Morgan fingerprint density at radius 1 is 1.26 bits per heavy atom. The monoisotopic (exact) mass is 321 g/mol. The maximum atomic E-state index is 12.7. The van der Waals surface area contributed by atoms with Crippen LogP contribution in [-0.2, 0) is 0 Å². The van der Waals surface area contributed by atoms with E-state index < -0.39 is 0 Å². The Hall–Kier alpha value is -1.75. The van der Waals surface area contributed by atoms with Crippen molar-refractivity contribution in [1.82, 2.24) is 4.90 Å². The molecule has 0 saturated heterocycles. The highest BCUT2D eigenvalue weighted by molar-refractivity contribution is 5.93. The van der Waals surface area contributed by atoms with Crippen LogP contribution in [0.5, 0.6) is 0 Å². The van der Waals surface area contributed by atoms with Crippen LogP contribution in [0.25, 0.3) is 0 Å². The number of nitrogens with zero attached hydrogens (tertiary/aromatic N) is 2. The van der Waals surface area contributed by atoms with Gasteiger partial charge in [0, 0.05) is 33.3 Å². The van der Waals surface area contributed by atoms with Crippen molar-refractivity contribution in [3.8, 4) is 0 Å². The van der Waals surface area contributed by atoms with E-state index >= 15 is 0 Å². The van der Waals surface area contributed by atoms with Crippen molar-refractivity contribution in [2.24, 2.45) is 5.41 Å². The van der Waals surface area contributed by atoms with E-state index in [1.54, 1.807) is 4.90 Å². The Labute approximate surface area is 140 Å². The van der Waals surface area contributed by atoms with E-state index in [9.17, 15) is 4.79 Å². The normalized spacial score (nSPS) is 11.2. The van der Waals surface area contributed by atoms with Gasteiger partial charge in [-0.05, 0) is 30.9 Å². The number of amides is 2. The van der Waals surface area contributed by atoms with Crippen molar-refractivity contribution in [1.29, 1.82) is 0 Å². The molecule has 0 bridgehead atoms. The molecule has 23 heavy (non-hydrogen) atoms. The number of aliphatic hydroxyl groups excluding tert-OH is 1. The molecule has 0 saturated carbocycles. The van der Waals surface area contributed by atoms with Crippen molar-refractivity contribution in [3.05, 3.63) is 24.3 Å². The van der Waals surface area contributed by atoms with Gasteiger partial charge < -0.3 is 20.2 Å². The third-order valence-electron chi connectivity index (χ3n) is 3.57. The smallest absolute Gasteiger partial charge is 0.321 e. The number of nitrogens with one attached hydrogen (secondary N) is 1. The topological polar surface area (TPSA) is 55.8 Å². The van der Waals surface area contributed by atoms with Crippen LogP contribution >= 0.6 is 0 Å². The van der Waals surface area contributed by atoms with Crippen LogP contribution in [0.2, 0.25) is 0 Å². The number of hydrogen-bond donors (Lipinski definition) is 2. The maximum absolute atomic E-state index is 12.7. The molecule has 1 aromatic carbocycles. The number of para-hydroxylation sites is 2. The Balaban J connectivity index is 2.89. The van der Waals surface area contributed by atoms with E-state index in [2.05, 4.69) is 37.9 Å². The summed E-state index contributed by atoms with van der Waals surface area (Å²) >= 11 is 0. The first kappa shape index (κ1) is 19.3. The molecule has 0 unspecified atom stereocenters. The second-order valence-electron chi connectivity index (χ2n) is 7.02. The van der Waals surface area contributed by atoms with Crippen LogP contribution in [0.1, 0.15) is 34.1 Å². The second kappa shape index (κ2) is 8.77. The Morgan fingerprint density at radius 3 is 2.48 bits per heavy atom. The van der Waals surface area contributed by atoms with Gasteiger partial charge in [0.25, 0.3) is 0 Å². The molecular formula is C18H31N3O2. The van der Waals surface area contributed by atoms with Gasteiger partial charge in [0.15, 0.2) is 0 Å². The van der Waals surface area contributed by atoms with Gasteiger partial charge in [0.1, 0.15) is 0 Å². The number of hydrogen-bond acceptors (Lipinski definition) is 3. The Bertz CT molecular complexity index is 497. The molecule has 0 aliphatic rings. The number of anilines is 2. The van der Waals surface area contributed by atoms with Gasteiger partial charge >= 0.3 is 6.03 Å². The molecule has 1 rings (SSSR count). The van der Waals surface area contributed by atoms with Crippen LogP contribution in [0, 0.1) is 5.41 Å². The van der Waals surface area contributed by atoms with Crippen LogP contribution < -0.4 is 10.2 Å². The van der Waals surface area contributed by atoms with E-state index in [1.165, 1.54) is 0 Å². The predicted octanol–water partition coefficient (Wildman–Crippen LogP) is 3.41. The molecule has 1 aromatic rings. The summed E-state index contributed by atoms with van der Waals surface area (Å²) in [5.41, 5.74) is 1.82. The van der Waals surface area contributed by atoms with Crippen molar-refractivity contribution >= 4 is 17.4 Å². The number of rotatable bonds is 7. The van der Waals surface area contributed by atoms with E-state index in [0.29, 0.717) is 19.5 Å². The minimum Gasteiger partial charge on any atom is -0.396 e. The van der Waals surface area contributed by atoms with Gasteiger partial charge in [0.05, 0.1) is 11.4 Å². The summed E-state index contributed by atoms with van der Waals surface area (Å²) in [6, 6.07) is 7.69. The number of urea groups is 1. The zero-order chi connectivity index (χ0) is 17.5. The van der Waals surface area contributed by atoms with E-state index in [4.69, 9.17) is 5.11 Å². The first-order chi connectivity index (χ1) is 10.8. The third kappa shape index (κ3) is 6.48. The lowest BCUT2D eigenvalue weighted by Gasteiger charge is -2.31. The molecule has 0 heterocycles. The average Bonchev–Trinajstić information content (AvgIpc) is 2.50. The molecule has 2 amide bonds. The molecule has 2 N–H and O–H groups in total. The van der Waals surface area contributed by atoms with E-state index in [-0.39, 0.29) is 18.1 Å². The molecule has 0 aliphatic heterocycles. The number of carbonyl (C=O) groups is 1. The molecular weight excluding hydrogens is 290 g/mol. The minimum absolute atomic E-state index is 0.00647. The van der Waals surface area contributed by atoms with Crippen molar-refractivity contribution in [3.63, 3.8) is 0 Å². The fourth-order valence-electron chi connectivity index (χ4n) is 2.36. The molecule has 130 valence electrons. The lowest BCUT2D eigenvalue weighted by molar-refractivity contribution is 0.176.